The number of anilines is 1. The van der Waals surface area contributed by atoms with Crippen molar-refractivity contribution in [2.24, 2.45) is 0 Å². The van der Waals surface area contributed by atoms with Crippen LogP contribution in [0.4, 0.5) is 5.95 Å². The minimum absolute atomic E-state index is 0.0797. The van der Waals surface area contributed by atoms with E-state index in [0.29, 0.717) is 36.2 Å². The van der Waals surface area contributed by atoms with E-state index in [1.54, 1.807) is 37.5 Å². The minimum Gasteiger partial charge on any atom is -0.494 e. The molecule has 0 unspecified atom stereocenters. The summed E-state index contributed by atoms with van der Waals surface area (Å²) in [5.74, 6) is 1.33. The van der Waals surface area contributed by atoms with Crippen molar-refractivity contribution in [2.75, 3.05) is 45.4 Å². The molecule has 0 aliphatic carbocycles. The molecule has 3 atom stereocenters. The summed E-state index contributed by atoms with van der Waals surface area (Å²) in [5, 5.41) is 7.36. The minimum atomic E-state index is -4.11. The number of nitrogens with one attached hydrogen (secondary N) is 1. The van der Waals surface area contributed by atoms with Crippen LogP contribution in [0.1, 0.15) is 43.3 Å². The van der Waals surface area contributed by atoms with Crippen molar-refractivity contribution in [2.45, 2.75) is 38.2 Å². The maximum Gasteiger partial charge on any atom is 0.243 e. The SMILES string of the molecule is CCO[C@H](c1ncc(C)cn1)[C@H](C)S(=O)(=O)Nc1nnc([C@@H]2COCCO2)n1-c1c(OC)cccc1OC. The molecule has 0 saturated carbocycles. The summed E-state index contributed by atoms with van der Waals surface area (Å²) in [4.78, 5) is 8.58. The highest BCUT2D eigenvalue weighted by atomic mass is 32.2. The molecule has 1 N–H and O–H groups in total. The zero-order valence-corrected chi connectivity index (χ0v) is 22.8. The van der Waals surface area contributed by atoms with Gasteiger partial charge in [0.25, 0.3) is 0 Å². The summed E-state index contributed by atoms with van der Waals surface area (Å²) in [6.07, 6.45) is 1.71. The van der Waals surface area contributed by atoms with Crippen LogP contribution in [0.3, 0.4) is 0 Å². The molecular formula is C24H32N6O7S. The Hall–Kier alpha value is -3.33. The van der Waals surface area contributed by atoms with E-state index >= 15 is 0 Å². The van der Waals surface area contributed by atoms with Crippen LogP contribution in [-0.4, -0.2) is 79.0 Å². The summed E-state index contributed by atoms with van der Waals surface area (Å²) < 4.78 is 59.8. The number of nitrogens with zero attached hydrogens (tertiary/aromatic N) is 5. The van der Waals surface area contributed by atoms with Gasteiger partial charge in [-0.25, -0.2) is 18.4 Å². The summed E-state index contributed by atoms with van der Waals surface area (Å²) in [5.41, 5.74) is 1.25. The Labute approximate surface area is 221 Å². The number of rotatable bonds is 11. The van der Waals surface area contributed by atoms with E-state index in [4.69, 9.17) is 23.7 Å². The van der Waals surface area contributed by atoms with Crippen LogP contribution < -0.4 is 14.2 Å². The maximum absolute atomic E-state index is 13.7. The molecule has 13 nitrogen and oxygen atoms in total. The summed E-state index contributed by atoms with van der Waals surface area (Å²) >= 11 is 0. The van der Waals surface area contributed by atoms with Crippen LogP contribution in [0.5, 0.6) is 11.5 Å². The quantitative estimate of drug-likeness (QED) is 0.376. The molecule has 4 rings (SSSR count). The fraction of sp³-hybridized carbons (Fsp3) is 0.500. The Morgan fingerprint density at radius 3 is 2.39 bits per heavy atom. The predicted molar refractivity (Wildman–Crippen MR) is 137 cm³/mol. The van der Waals surface area contributed by atoms with Gasteiger partial charge in [0.05, 0.1) is 34.0 Å². The smallest absolute Gasteiger partial charge is 0.243 e. The van der Waals surface area contributed by atoms with Gasteiger partial charge in [0, 0.05) is 19.0 Å². The van der Waals surface area contributed by atoms with E-state index in [2.05, 4.69) is 24.9 Å². The van der Waals surface area contributed by atoms with Crippen LogP contribution in [0.2, 0.25) is 0 Å². The first-order valence-electron chi connectivity index (χ1n) is 12.1. The number of methoxy groups -OCH3 is 2. The molecular weight excluding hydrogens is 516 g/mol. The lowest BCUT2D eigenvalue weighted by Gasteiger charge is -2.25. The van der Waals surface area contributed by atoms with Gasteiger partial charge >= 0.3 is 0 Å². The van der Waals surface area contributed by atoms with Gasteiger partial charge in [0.2, 0.25) is 16.0 Å². The van der Waals surface area contributed by atoms with Crippen molar-refractivity contribution in [3.05, 3.63) is 47.8 Å². The van der Waals surface area contributed by atoms with Crippen LogP contribution >= 0.6 is 0 Å². The van der Waals surface area contributed by atoms with E-state index < -0.39 is 27.5 Å². The fourth-order valence-electron chi connectivity index (χ4n) is 4.01. The van der Waals surface area contributed by atoms with E-state index in [0.717, 1.165) is 5.56 Å². The second-order valence-electron chi connectivity index (χ2n) is 8.51. The Bertz CT molecular complexity index is 1300. The van der Waals surface area contributed by atoms with Gasteiger partial charge in [-0.1, -0.05) is 6.07 Å². The van der Waals surface area contributed by atoms with Gasteiger partial charge in [0.1, 0.15) is 34.6 Å². The maximum atomic E-state index is 13.7. The van der Waals surface area contributed by atoms with Crippen LogP contribution in [0.15, 0.2) is 30.6 Å². The highest BCUT2D eigenvalue weighted by molar-refractivity contribution is 7.93. The monoisotopic (exact) mass is 548 g/mol. The number of ether oxygens (including phenoxy) is 5. The molecule has 38 heavy (non-hydrogen) atoms. The third-order valence-corrected chi connectivity index (χ3v) is 7.66. The molecule has 0 bridgehead atoms. The molecule has 1 aliphatic rings. The molecule has 0 radical (unpaired) electrons. The Balaban J connectivity index is 1.78. The average Bonchev–Trinajstić information content (AvgIpc) is 3.34. The van der Waals surface area contributed by atoms with Crippen molar-refractivity contribution in [1.82, 2.24) is 24.7 Å². The normalized spacial score (nSPS) is 17.6. The van der Waals surface area contributed by atoms with Gasteiger partial charge in [-0.3, -0.25) is 9.29 Å². The number of hydrogen-bond acceptors (Lipinski definition) is 11. The highest BCUT2D eigenvalue weighted by Crippen LogP contribution is 2.38. The summed E-state index contributed by atoms with van der Waals surface area (Å²) in [6, 6.07) is 5.20. The molecule has 0 amide bonds. The number of benzene rings is 1. The molecule has 0 spiro atoms. The van der Waals surface area contributed by atoms with Crippen molar-refractivity contribution in [3.63, 3.8) is 0 Å². The zero-order chi connectivity index (χ0) is 27.3. The lowest BCUT2D eigenvalue weighted by Crippen LogP contribution is -2.34. The van der Waals surface area contributed by atoms with Crippen LogP contribution in [0, 0.1) is 6.92 Å². The lowest BCUT2D eigenvalue weighted by molar-refractivity contribution is -0.0941. The molecule has 3 aromatic rings. The number of hydrogen-bond donors (Lipinski definition) is 1. The Morgan fingerprint density at radius 2 is 1.82 bits per heavy atom. The molecule has 3 heterocycles. The molecule has 1 saturated heterocycles. The Morgan fingerprint density at radius 1 is 1.13 bits per heavy atom. The van der Waals surface area contributed by atoms with Crippen LogP contribution in [0.25, 0.3) is 5.69 Å². The summed E-state index contributed by atoms with van der Waals surface area (Å²) in [7, 11) is -1.11. The van der Waals surface area contributed by atoms with Crippen molar-refractivity contribution >= 4 is 16.0 Å². The highest BCUT2D eigenvalue weighted by Gasteiger charge is 2.36. The second kappa shape index (κ2) is 12.0. The van der Waals surface area contributed by atoms with Gasteiger partial charge in [-0.05, 0) is 38.5 Å². The lowest BCUT2D eigenvalue weighted by atomic mass is 10.2. The number of para-hydroxylation sites is 1. The molecule has 1 aromatic carbocycles. The van der Waals surface area contributed by atoms with Gasteiger partial charge in [-0.15, -0.1) is 10.2 Å². The summed E-state index contributed by atoms with van der Waals surface area (Å²) in [6.45, 7) is 6.42. The van der Waals surface area contributed by atoms with Gasteiger partial charge < -0.3 is 23.7 Å². The first-order valence-corrected chi connectivity index (χ1v) is 13.6. The topological polar surface area (TPSA) is 149 Å². The molecule has 1 fully saturated rings. The molecule has 14 heteroatoms. The van der Waals surface area contributed by atoms with Crippen LogP contribution in [-0.2, 0) is 24.2 Å². The standard InChI is InChI=1S/C24H32N6O7S/c1-6-36-21(22-25-12-15(2)13-26-22)16(3)38(31,32)29-24-28-27-23(19-14-35-10-11-37-19)30(24)20-17(33-4)8-7-9-18(20)34-5/h7-9,12-13,16,19,21H,6,10-11,14H2,1-5H3,(H,28,29)/t16-,19-,21-/m0/s1. The Kier molecular flexibility index (Phi) is 8.76. The van der Waals surface area contributed by atoms with Gasteiger partial charge in [-0.2, -0.15) is 0 Å². The zero-order valence-electron chi connectivity index (χ0n) is 21.9. The predicted octanol–water partition coefficient (Wildman–Crippen LogP) is 2.38. The number of aryl methyl sites for hydroxylation is 1. The van der Waals surface area contributed by atoms with Crippen molar-refractivity contribution < 1.29 is 32.1 Å². The number of aromatic nitrogens is 5. The molecule has 206 valence electrons. The first-order chi connectivity index (χ1) is 18.3. The second-order valence-corrected chi connectivity index (χ2v) is 10.5. The van der Waals surface area contributed by atoms with E-state index in [1.165, 1.54) is 25.7 Å². The van der Waals surface area contributed by atoms with E-state index in [1.807, 2.05) is 6.92 Å². The molecule has 1 aliphatic heterocycles. The largest absolute Gasteiger partial charge is 0.494 e. The van der Waals surface area contributed by atoms with E-state index in [-0.39, 0.29) is 25.0 Å². The van der Waals surface area contributed by atoms with E-state index in [9.17, 15) is 8.42 Å². The number of sulfonamides is 1. The average molecular weight is 549 g/mol. The third kappa shape index (κ3) is 5.72. The van der Waals surface area contributed by atoms with Crippen molar-refractivity contribution in [3.8, 4) is 17.2 Å². The first kappa shape index (κ1) is 27.7. The molecule has 2 aromatic heterocycles. The van der Waals surface area contributed by atoms with Gasteiger partial charge in [0.15, 0.2) is 11.6 Å². The fourth-order valence-corrected chi connectivity index (χ4v) is 5.11. The van der Waals surface area contributed by atoms with Crippen molar-refractivity contribution in [1.29, 1.82) is 0 Å². The third-order valence-electron chi connectivity index (χ3n) is 5.97.